The molecule has 0 aliphatic heterocycles. The lowest BCUT2D eigenvalue weighted by atomic mass is 9.89. The molecule has 0 aromatic carbocycles. The Labute approximate surface area is 244 Å². The van der Waals surface area contributed by atoms with E-state index in [0.29, 0.717) is 11.8 Å². The van der Waals surface area contributed by atoms with E-state index in [1.165, 1.54) is 154 Å². The molecular formula is C35H68O4. The van der Waals surface area contributed by atoms with Crippen LogP contribution < -0.4 is 0 Å². The molecule has 4 nitrogen and oxygen atoms in total. The Morgan fingerprint density at radius 3 is 1.03 bits per heavy atom. The Balaban J connectivity index is 0. The summed E-state index contributed by atoms with van der Waals surface area (Å²) in [4.78, 5) is 20.2. The number of hydrogen-bond donors (Lipinski definition) is 1. The Kier molecular flexibility index (Phi) is 31.9. The minimum atomic E-state index is -0.833. The molecule has 39 heavy (non-hydrogen) atoms. The number of carboxylic acid groups (broad SMARTS) is 1. The van der Waals surface area contributed by atoms with Crippen molar-refractivity contribution in [1.29, 1.82) is 0 Å². The van der Waals surface area contributed by atoms with E-state index in [1.54, 1.807) is 0 Å². The van der Waals surface area contributed by atoms with Gasteiger partial charge in [0.25, 0.3) is 5.97 Å². The largest absolute Gasteiger partial charge is 0.481 e. The average Bonchev–Trinajstić information content (AvgIpc) is 2.85. The first kappa shape index (κ1) is 39.8. The fourth-order valence-corrected chi connectivity index (χ4v) is 4.97. The van der Waals surface area contributed by atoms with Crippen LogP contribution in [0.3, 0.4) is 0 Å². The Bertz CT molecular complexity index is 531. The van der Waals surface area contributed by atoms with E-state index >= 15 is 0 Å². The summed E-state index contributed by atoms with van der Waals surface area (Å²) in [5.41, 5.74) is 0.523. The topological polar surface area (TPSA) is 63.6 Å². The molecule has 232 valence electrons. The fraction of sp³-hybridized carbons (Fsp3) is 0.886. The van der Waals surface area contributed by atoms with E-state index in [1.807, 2.05) is 0 Å². The smallest absolute Gasteiger partial charge is 0.310 e. The molecule has 0 rings (SSSR count). The van der Waals surface area contributed by atoms with Crippen LogP contribution >= 0.6 is 0 Å². The Hall–Kier alpha value is -1.32. The molecule has 0 fully saturated rings. The molecule has 0 aromatic heterocycles. The molecule has 0 aromatic rings. The van der Waals surface area contributed by atoms with Crippen molar-refractivity contribution in [2.45, 2.75) is 195 Å². The average molecular weight is 553 g/mol. The number of aliphatic carboxylic acids is 1. The summed E-state index contributed by atoms with van der Waals surface area (Å²) in [6.45, 7) is 11.6. The zero-order valence-electron chi connectivity index (χ0n) is 26.8. The summed E-state index contributed by atoms with van der Waals surface area (Å²) < 4.78 is 4.73. The zero-order valence-corrected chi connectivity index (χ0v) is 26.8. The highest BCUT2D eigenvalue weighted by atomic mass is 16.5. The van der Waals surface area contributed by atoms with Crippen molar-refractivity contribution in [2.75, 3.05) is 0 Å². The molecule has 0 radical (unpaired) electrons. The third-order valence-electron chi connectivity index (χ3n) is 7.27. The highest BCUT2D eigenvalue weighted by molar-refractivity contribution is 5.69. The van der Waals surface area contributed by atoms with Crippen LogP contribution in [0.25, 0.3) is 0 Å². The maximum Gasteiger partial charge on any atom is 0.310 e. The molecule has 0 spiro atoms. The summed E-state index contributed by atoms with van der Waals surface area (Å²) in [5.74, 6) is -0.978. The van der Waals surface area contributed by atoms with E-state index in [9.17, 15) is 4.79 Å². The monoisotopic (exact) mass is 553 g/mol. The van der Waals surface area contributed by atoms with Gasteiger partial charge in [-0.2, -0.15) is 0 Å². The molecule has 0 amide bonds. The molecule has 0 saturated carbocycles. The first-order valence-electron chi connectivity index (χ1n) is 16.7. The van der Waals surface area contributed by atoms with Gasteiger partial charge in [-0.1, -0.05) is 175 Å². The SMILES string of the molecule is C=COC(=O)CCCCCCCCCCCCCCCCCCCCCCCCCCC(C)(C)C.CC(=O)O. The molecule has 0 heterocycles. The highest BCUT2D eigenvalue weighted by Gasteiger charge is 2.08. The molecule has 0 aliphatic carbocycles. The second kappa shape index (κ2) is 31.2. The number of unbranched alkanes of at least 4 members (excludes halogenated alkanes) is 23. The number of hydrogen-bond acceptors (Lipinski definition) is 3. The van der Waals surface area contributed by atoms with Crippen molar-refractivity contribution in [1.82, 2.24) is 0 Å². The fourth-order valence-electron chi connectivity index (χ4n) is 4.97. The predicted molar refractivity (Wildman–Crippen MR) is 169 cm³/mol. The lowest BCUT2D eigenvalue weighted by Gasteiger charge is -2.17. The summed E-state index contributed by atoms with van der Waals surface area (Å²) in [6, 6.07) is 0. The van der Waals surface area contributed by atoms with Gasteiger partial charge in [0.2, 0.25) is 0 Å². The van der Waals surface area contributed by atoms with Crippen molar-refractivity contribution in [2.24, 2.45) is 5.41 Å². The normalized spacial score (nSPS) is 11.1. The zero-order chi connectivity index (χ0) is 29.5. The maximum absolute atomic E-state index is 11.2. The van der Waals surface area contributed by atoms with Crippen molar-refractivity contribution < 1.29 is 19.4 Å². The number of rotatable bonds is 27. The van der Waals surface area contributed by atoms with Crippen molar-refractivity contribution in [3.8, 4) is 0 Å². The maximum atomic E-state index is 11.2. The Morgan fingerprint density at radius 1 is 0.564 bits per heavy atom. The van der Waals surface area contributed by atoms with Gasteiger partial charge in [0, 0.05) is 13.3 Å². The second-order valence-corrected chi connectivity index (χ2v) is 12.7. The van der Waals surface area contributed by atoms with E-state index in [4.69, 9.17) is 14.6 Å². The molecule has 0 bridgehead atoms. The number of ether oxygens (including phenoxy) is 1. The van der Waals surface area contributed by atoms with Crippen LogP contribution in [0.1, 0.15) is 195 Å². The third-order valence-corrected chi connectivity index (χ3v) is 7.27. The van der Waals surface area contributed by atoms with Gasteiger partial charge in [-0.15, -0.1) is 0 Å². The number of carbonyl (C=O) groups excluding carboxylic acids is 1. The summed E-state index contributed by atoms with van der Waals surface area (Å²) in [5, 5.41) is 7.42. The minimum Gasteiger partial charge on any atom is -0.481 e. The summed E-state index contributed by atoms with van der Waals surface area (Å²) in [7, 11) is 0. The lowest BCUT2D eigenvalue weighted by Crippen LogP contribution is -2.03. The van der Waals surface area contributed by atoms with Crippen molar-refractivity contribution in [3.63, 3.8) is 0 Å². The quantitative estimate of drug-likeness (QED) is 0.0625. The van der Waals surface area contributed by atoms with Gasteiger partial charge >= 0.3 is 5.97 Å². The molecule has 1 N–H and O–H groups in total. The summed E-state index contributed by atoms with van der Waals surface area (Å²) in [6.07, 6.45) is 36.6. The highest BCUT2D eigenvalue weighted by Crippen LogP contribution is 2.23. The summed E-state index contributed by atoms with van der Waals surface area (Å²) >= 11 is 0. The molecule has 0 unspecified atom stereocenters. The van der Waals surface area contributed by atoms with Gasteiger partial charge in [0.05, 0.1) is 6.26 Å². The minimum absolute atomic E-state index is 0.145. The van der Waals surface area contributed by atoms with E-state index in [0.717, 1.165) is 19.8 Å². The lowest BCUT2D eigenvalue weighted by molar-refractivity contribution is -0.138. The number of carbonyl (C=O) groups is 2. The Morgan fingerprint density at radius 2 is 0.795 bits per heavy atom. The van der Waals surface area contributed by atoms with Crippen LogP contribution in [-0.2, 0) is 14.3 Å². The standard InChI is InChI=1S/C33H64O2.C2H4O2/c1-5-35-32(34)30-28-26-24-22-20-18-16-14-12-10-8-6-7-9-11-13-15-17-19-21-23-25-27-29-31-33(2,3)4;1-2(3)4/h5H,1,6-31H2,2-4H3;1H3,(H,3,4). The van der Waals surface area contributed by atoms with Gasteiger partial charge < -0.3 is 9.84 Å². The number of esters is 1. The van der Waals surface area contributed by atoms with Gasteiger partial charge in [0.15, 0.2) is 0 Å². The first-order chi connectivity index (χ1) is 18.7. The van der Waals surface area contributed by atoms with Crippen LogP contribution in [0.5, 0.6) is 0 Å². The third kappa shape index (κ3) is 44.0. The van der Waals surface area contributed by atoms with Gasteiger partial charge in [0.1, 0.15) is 0 Å². The van der Waals surface area contributed by atoms with Crippen LogP contribution in [0.15, 0.2) is 12.8 Å². The van der Waals surface area contributed by atoms with E-state index in [-0.39, 0.29) is 5.97 Å². The van der Waals surface area contributed by atoms with Crippen LogP contribution in [0.2, 0.25) is 0 Å². The van der Waals surface area contributed by atoms with Gasteiger partial charge in [-0.3, -0.25) is 9.59 Å². The van der Waals surface area contributed by atoms with Crippen LogP contribution in [0, 0.1) is 5.41 Å². The van der Waals surface area contributed by atoms with Gasteiger partial charge in [-0.25, -0.2) is 0 Å². The molecule has 0 atom stereocenters. The number of carboxylic acids is 1. The predicted octanol–water partition coefficient (Wildman–Crippen LogP) is 12.0. The van der Waals surface area contributed by atoms with E-state index < -0.39 is 5.97 Å². The molecule has 0 aliphatic rings. The van der Waals surface area contributed by atoms with Crippen LogP contribution in [0.4, 0.5) is 0 Å². The molecule has 0 saturated heterocycles. The first-order valence-corrected chi connectivity index (χ1v) is 16.7. The second-order valence-electron chi connectivity index (χ2n) is 12.7. The van der Waals surface area contributed by atoms with Crippen molar-refractivity contribution in [3.05, 3.63) is 12.8 Å². The molecule has 4 heteroatoms. The van der Waals surface area contributed by atoms with Gasteiger partial charge in [-0.05, 0) is 18.3 Å². The van der Waals surface area contributed by atoms with E-state index in [2.05, 4.69) is 27.4 Å². The molecular weight excluding hydrogens is 484 g/mol. The van der Waals surface area contributed by atoms with Crippen LogP contribution in [-0.4, -0.2) is 17.0 Å². The van der Waals surface area contributed by atoms with Crippen molar-refractivity contribution >= 4 is 11.9 Å².